The summed E-state index contributed by atoms with van der Waals surface area (Å²) in [6.07, 6.45) is 1.45. The SMILES string of the molecule is CC(C)C1C2CNC(C2)C1C(C)C. The summed E-state index contributed by atoms with van der Waals surface area (Å²) >= 11 is 0. The number of nitrogens with one attached hydrogen (secondary N) is 1. The molecule has 2 bridgehead atoms. The highest BCUT2D eigenvalue weighted by Gasteiger charge is 2.49. The van der Waals surface area contributed by atoms with E-state index in [0.29, 0.717) is 0 Å². The lowest BCUT2D eigenvalue weighted by molar-refractivity contribution is 0.142. The molecule has 2 aliphatic rings. The van der Waals surface area contributed by atoms with Gasteiger partial charge in [0.15, 0.2) is 0 Å². The number of hydrogen-bond donors (Lipinski definition) is 1. The molecule has 0 spiro atoms. The van der Waals surface area contributed by atoms with Crippen molar-refractivity contribution in [1.82, 2.24) is 5.32 Å². The van der Waals surface area contributed by atoms with Crippen molar-refractivity contribution in [2.24, 2.45) is 29.6 Å². The molecule has 0 aromatic heterocycles. The minimum atomic E-state index is 0.845. The molecule has 13 heavy (non-hydrogen) atoms. The Balaban J connectivity index is 2.15. The molecule has 4 unspecified atom stereocenters. The maximum atomic E-state index is 3.67. The first-order chi connectivity index (χ1) is 6.11. The van der Waals surface area contributed by atoms with Gasteiger partial charge in [0.05, 0.1) is 0 Å². The summed E-state index contributed by atoms with van der Waals surface area (Å²) in [7, 11) is 0. The van der Waals surface area contributed by atoms with Gasteiger partial charge in [-0.05, 0) is 42.6 Å². The Morgan fingerprint density at radius 2 is 1.62 bits per heavy atom. The second kappa shape index (κ2) is 3.27. The molecule has 1 nitrogen and oxygen atoms in total. The van der Waals surface area contributed by atoms with Gasteiger partial charge in [0.2, 0.25) is 0 Å². The Labute approximate surface area is 82.3 Å². The van der Waals surface area contributed by atoms with E-state index < -0.39 is 0 Å². The van der Waals surface area contributed by atoms with Crippen LogP contribution in [0.15, 0.2) is 0 Å². The second-order valence-electron chi connectivity index (χ2n) is 5.65. The van der Waals surface area contributed by atoms with Gasteiger partial charge in [-0.25, -0.2) is 0 Å². The summed E-state index contributed by atoms with van der Waals surface area (Å²) in [5, 5.41) is 3.67. The highest BCUT2D eigenvalue weighted by molar-refractivity contribution is 5.02. The van der Waals surface area contributed by atoms with Crippen molar-refractivity contribution in [2.45, 2.75) is 40.2 Å². The van der Waals surface area contributed by atoms with Crippen LogP contribution in [-0.2, 0) is 0 Å². The minimum Gasteiger partial charge on any atom is -0.313 e. The number of piperidine rings is 1. The number of fused-ring (bicyclic) bond motifs is 2. The van der Waals surface area contributed by atoms with Gasteiger partial charge < -0.3 is 5.32 Å². The average Bonchev–Trinajstić information content (AvgIpc) is 2.60. The molecule has 76 valence electrons. The largest absolute Gasteiger partial charge is 0.313 e. The molecule has 2 rings (SSSR count). The molecule has 0 radical (unpaired) electrons. The summed E-state index contributed by atoms with van der Waals surface area (Å²) in [4.78, 5) is 0. The minimum absolute atomic E-state index is 0.845. The van der Waals surface area contributed by atoms with E-state index in [9.17, 15) is 0 Å². The van der Waals surface area contributed by atoms with Crippen molar-refractivity contribution in [3.8, 4) is 0 Å². The first-order valence-corrected chi connectivity index (χ1v) is 5.84. The van der Waals surface area contributed by atoms with Crippen molar-refractivity contribution in [3.05, 3.63) is 0 Å². The molecule has 4 atom stereocenters. The Morgan fingerprint density at radius 3 is 2.08 bits per heavy atom. The van der Waals surface area contributed by atoms with Gasteiger partial charge in [0.25, 0.3) is 0 Å². The zero-order valence-electron chi connectivity index (χ0n) is 9.38. The quantitative estimate of drug-likeness (QED) is 0.690. The van der Waals surface area contributed by atoms with Crippen LogP contribution in [0.25, 0.3) is 0 Å². The lowest BCUT2D eigenvalue weighted by Crippen LogP contribution is -2.42. The van der Waals surface area contributed by atoms with Gasteiger partial charge >= 0.3 is 0 Å². The van der Waals surface area contributed by atoms with E-state index in [0.717, 1.165) is 35.6 Å². The second-order valence-corrected chi connectivity index (χ2v) is 5.65. The van der Waals surface area contributed by atoms with E-state index in [2.05, 4.69) is 33.0 Å². The molecule has 1 saturated carbocycles. The number of hydrogen-bond acceptors (Lipinski definition) is 1. The van der Waals surface area contributed by atoms with Gasteiger partial charge in [0, 0.05) is 6.04 Å². The van der Waals surface area contributed by atoms with Crippen molar-refractivity contribution in [3.63, 3.8) is 0 Å². The molecule has 0 aromatic rings. The van der Waals surface area contributed by atoms with E-state index >= 15 is 0 Å². The molecule has 1 heteroatoms. The van der Waals surface area contributed by atoms with Gasteiger partial charge in [0.1, 0.15) is 0 Å². The van der Waals surface area contributed by atoms with Gasteiger partial charge in [-0.2, -0.15) is 0 Å². The molecule has 1 saturated heterocycles. The third kappa shape index (κ3) is 1.41. The maximum absolute atomic E-state index is 3.67. The summed E-state index contributed by atoms with van der Waals surface area (Å²) in [6, 6.07) is 0.845. The van der Waals surface area contributed by atoms with Crippen molar-refractivity contribution < 1.29 is 0 Å². The van der Waals surface area contributed by atoms with Gasteiger partial charge in [-0.15, -0.1) is 0 Å². The lowest BCUT2D eigenvalue weighted by Gasteiger charge is -2.37. The summed E-state index contributed by atoms with van der Waals surface area (Å²) < 4.78 is 0. The normalized spacial score (nSPS) is 43.8. The summed E-state index contributed by atoms with van der Waals surface area (Å²) in [6.45, 7) is 10.9. The summed E-state index contributed by atoms with van der Waals surface area (Å²) in [5.41, 5.74) is 0. The lowest BCUT2D eigenvalue weighted by atomic mass is 9.73. The van der Waals surface area contributed by atoms with Crippen LogP contribution >= 0.6 is 0 Å². The molecular weight excluding hydrogens is 158 g/mol. The molecule has 1 N–H and O–H groups in total. The van der Waals surface area contributed by atoms with Gasteiger partial charge in [-0.1, -0.05) is 27.7 Å². The third-order valence-electron chi connectivity index (χ3n) is 4.19. The fraction of sp³-hybridized carbons (Fsp3) is 1.00. The van der Waals surface area contributed by atoms with Crippen LogP contribution in [0, 0.1) is 29.6 Å². The van der Waals surface area contributed by atoms with Crippen LogP contribution in [-0.4, -0.2) is 12.6 Å². The maximum Gasteiger partial charge on any atom is 0.0104 e. The van der Waals surface area contributed by atoms with E-state index in [4.69, 9.17) is 0 Å². The van der Waals surface area contributed by atoms with Crippen LogP contribution in [0.1, 0.15) is 34.1 Å². The Kier molecular flexibility index (Phi) is 2.39. The molecular formula is C12H23N. The topological polar surface area (TPSA) is 12.0 Å². The molecule has 1 heterocycles. The smallest absolute Gasteiger partial charge is 0.0104 e. The monoisotopic (exact) mass is 181 g/mol. The molecule has 1 aliphatic carbocycles. The highest BCUT2D eigenvalue weighted by Crippen LogP contribution is 2.48. The first kappa shape index (κ1) is 9.51. The van der Waals surface area contributed by atoms with E-state index in [1.807, 2.05) is 0 Å². The van der Waals surface area contributed by atoms with Crippen LogP contribution in [0.3, 0.4) is 0 Å². The zero-order valence-corrected chi connectivity index (χ0v) is 9.38. The van der Waals surface area contributed by atoms with E-state index in [1.165, 1.54) is 13.0 Å². The predicted octanol–water partition coefficient (Wildman–Crippen LogP) is 2.52. The van der Waals surface area contributed by atoms with Crippen molar-refractivity contribution >= 4 is 0 Å². The Bertz CT molecular complexity index is 166. The first-order valence-electron chi connectivity index (χ1n) is 5.84. The Hall–Kier alpha value is -0.0400. The standard InChI is InChI=1S/C12H23N/c1-7(2)11-9-5-10(13-6-9)12(11)8(3)4/h7-13H,5-6H2,1-4H3. The highest BCUT2D eigenvalue weighted by atomic mass is 15.0. The van der Waals surface area contributed by atoms with Crippen LogP contribution in [0.4, 0.5) is 0 Å². The fourth-order valence-corrected chi connectivity index (χ4v) is 3.86. The zero-order chi connectivity index (χ0) is 9.59. The van der Waals surface area contributed by atoms with Crippen LogP contribution in [0.5, 0.6) is 0 Å². The van der Waals surface area contributed by atoms with Crippen molar-refractivity contribution in [2.75, 3.05) is 6.54 Å². The predicted molar refractivity (Wildman–Crippen MR) is 56.6 cm³/mol. The summed E-state index contributed by atoms with van der Waals surface area (Å²) in [5.74, 6) is 4.65. The average molecular weight is 181 g/mol. The number of rotatable bonds is 2. The van der Waals surface area contributed by atoms with E-state index in [1.54, 1.807) is 0 Å². The Morgan fingerprint density at radius 1 is 1.00 bits per heavy atom. The molecule has 1 aliphatic heterocycles. The molecule has 0 aromatic carbocycles. The molecule has 0 amide bonds. The fourth-order valence-electron chi connectivity index (χ4n) is 3.86. The van der Waals surface area contributed by atoms with Crippen LogP contribution < -0.4 is 5.32 Å². The molecule has 2 fully saturated rings. The van der Waals surface area contributed by atoms with E-state index in [-0.39, 0.29) is 0 Å². The third-order valence-corrected chi connectivity index (χ3v) is 4.19. The van der Waals surface area contributed by atoms with Crippen LogP contribution in [0.2, 0.25) is 0 Å². The van der Waals surface area contributed by atoms with Crippen molar-refractivity contribution in [1.29, 1.82) is 0 Å². The van der Waals surface area contributed by atoms with Gasteiger partial charge in [-0.3, -0.25) is 0 Å².